The first-order valence-corrected chi connectivity index (χ1v) is 5.51. The number of rotatable bonds is 3. The molecular weight excluding hydrogens is 220 g/mol. The maximum absolute atomic E-state index is 11.3. The number of methoxy groups -OCH3 is 1. The van der Waals surface area contributed by atoms with Crippen LogP contribution < -0.4 is 5.73 Å². The molecule has 17 heavy (non-hydrogen) atoms. The molecule has 0 saturated carbocycles. The first-order valence-electron chi connectivity index (χ1n) is 5.51. The number of ether oxygens (including phenoxy) is 1. The summed E-state index contributed by atoms with van der Waals surface area (Å²) in [6.45, 7) is 0.565. The number of hydroxylamine groups is 2. The van der Waals surface area contributed by atoms with Gasteiger partial charge in [0.2, 0.25) is 0 Å². The number of esters is 1. The quantitative estimate of drug-likeness (QED) is 0.781. The number of nitrogens with zero attached hydrogens (tertiary/aromatic N) is 1. The van der Waals surface area contributed by atoms with E-state index in [0.717, 1.165) is 5.56 Å². The summed E-state index contributed by atoms with van der Waals surface area (Å²) in [6, 6.07) is 9.83. The Morgan fingerprint density at radius 2 is 2.24 bits per heavy atom. The van der Waals surface area contributed by atoms with Crippen LogP contribution in [-0.2, 0) is 20.9 Å². The molecule has 0 bridgehead atoms. The van der Waals surface area contributed by atoms with Gasteiger partial charge in [-0.15, -0.1) is 0 Å². The minimum absolute atomic E-state index is 0.278. The number of nitrogens with two attached hydrogens (primary N) is 1. The average molecular weight is 236 g/mol. The monoisotopic (exact) mass is 236 g/mol. The predicted molar refractivity (Wildman–Crippen MR) is 61.5 cm³/mol. The molecule has 5 nitrogen and oxygen atoms in total. The van der Waals surface area contributed by atoms with Crippen LogP contribution in [0.15, 0.2) is 30.3 Å². The van der Waals surface area contributed by atoms with Crippen LogP contribution in [0, 0.1) is 0 Å². The van der Waals surface area contributed by atoms with Crippen molar-refractivity contribution in [1.82, 2.24) is 5.06 Å². The smallest absolute Gasteiger partial charge is 0.337 e. The minimum atomic E-state index is -0.585. The summed E-state index contributed by atoms with van der Waals surface area (Å²) < 4.78 is 4.63. The van der Waals surface area contributed by atoms with Gasteiger partial charge in [-0.2, -0.15) is 5.06 Å². The summed E-state index contributed by atoms with van der Waals surface area (Å²) in [5.74, 6) is -0.379. The van der Waals surface area contributed by atoms with Crippen molar-refractivity contribution >= 4 is 5.97 Å². The summed E-state index contributed by atoms with van der Waals surface area (Å²) in [5.41, 5.74) is 6.99. The summed E-state index contributed by atoms with van der Waals surface area (Å²) in [5, 5.41) is 1.62. The van der Waals surface area contributed by atoms with Crippen molar-refractivity contribution in [3.05, 3.63) is 35.9 Å². The van der Waals surface area contributed by atoms with Crippen molar-refractivity contribution in [3.8, 4) is 0 Å². The lowest BCUT2D eigenvalue weighted by molar-refractivity contribution is -0.190. The van der Waals surface area contributed by atoms with Crippen molar-refractivity contribution < 1.29 is 14.4 Å². The van der Waals surface area contributed by atoms with E-state index in [-0.39, 0.29) is 12.1 Å². The molecule has 1 aliphatic heterocycles. The first kappa shape index (κ1) is 12.0. The number of carbonyl (C=O) groups is 1. The minimum Gasteiger partial charge on any atom is -0.467 e. The van der Waals surface area contributed by atoms with Crippen LogP contribution in [0.3, 0.4) is 0 Å². The summed E-state index contributed by atoms with van der Waals surface area (Å²) in [4.78, 5) is 16.8. The molecule has 5 heteroatoms. The molecule has 0 aromatic heterocycles. The summed E-state index contributed by atoms with van der Waals surface area (Å²) in [6.07, 6.45) is -0.405. The maximum atomic E-state index is 11.3. The number of carbonyl (C=O) groups excluding carboxylic acids is 1. The topological polar surface area (TPSA) is 64.8 Å². The highest BCUT2D eigenvalue weighted by Crippen LogP contribution is 2.21. The molecule has 1 aromatic rings. The van der Waals surface area contributed by atoms with Gasteiger partial charge < -0.3 is 10.5 Å². The van der Waals surface area contributed by atoms with Crippen molar-refractivity contribution in [2.24, 2.45) is 5.73 Å². The van der Waals surface area contributed by atoms with Crippen LogP contribution in [0.1, 0.15) is 12.0 Å². The van der Waals surface area contributed by atoms with E-state index in [4.69, 9.17) is 10.6 Å². The largest absolute Gasteiger partial charge is 0.467 e. The fourth-order valence-electron chi connectivity index (χ4n) is 1.81. The van der Waals surface area contributed by atoms with Gasteiger partial charge in [0.25, 0.3) is 0 Å². The second-order valence-electron chi connectivity index (χ2n) is 3.98. The number of hydrogen-bond donors (Lipinski definition) is 1. The highest BCUT2D eigenvalue weighted by Gasteiger charge is 2.36. The fraction of sp³-hybridized carbons (Fsp3) is 0.417. The van der Waals surface area contributed by atoms with Crippen LogP contribution in [0.25, 0.3) is 0 Å². The summed E-state index contributed by atoms with van der Waals surface area (Å²) >= 11 is 0. The van der Waals surface area contributed by atoms with E-state index >= 15 is 0 Å². The fourth-order valence-corrected chi connectivity index (χ4v) is 1.81. The third kappa shape index (κ3) is 2.82. The van der Waals surface area contributed by atoms with E-state index in [0.29, 0.717) is 13.0 Å². The molecule has 0 unspecified atom stereocenters. The second-order valence-corrected chi connectivity index (χ2v) is 3.98. The van der Waals surface area contributed by atoms with Gasteiger partial charge >= 0.3 is 5.97 Å². The molecule has 1 saturated heterocycles. The highest BCUT2D eigenvalue weighted by atomic mass is 16.7. The second kappa shape index (κ2) is 5.27. The van der Waals surface area contributed by atoms with Crippen LogP contribution in [0.4, 0.5) is 0 Å². The standard InChI is InChI=1S/C12H16N2O3/c1-16-12(15)10-7-11(13)14(17-10)8-9-5-3-2-4-6-9/h2-6,10-11H,7-8,13H2,1H3/t10-,11-/m1/s1. The van der Waals surface area contributed by atoms with Crippen molar-refractivity contribution in [3.63, 3.8) is 0 Å². The molecular formula is C12H16N2O3. The Balaban J connectivity index is 1.97. The summed E-state index contributed by atoms with van der Waals surface area (Å²) in [7, 11) is 1.34. The molecule has 92 valence electrons. The van der Waals surface area contributed by atoms with Gasteiger partial charge in [0.15, 0.2) is 6.10 Å². The zero-order valence-corrected chi connectivity index (χ0v) is 9.70. The molecule has 1 aromatic carbocycles. The van der Waals surface area contributed by atoms with Gasteiger partial charge in [0.1, 0.15) is 0 Å². The van der Waals surface area contributed by atoms with E-state index in [1.54, 1.807) is 5.06 Å². The first-order chi connectivity index (χ1) is 8.20. The molecule has 0 spiro atoms. The van der Waals surface area contributed by atoms with E-state index in [2.05, 4.69) is 4.74 Å². The van der Waals surface area contributed by atoms with E-state index < -0.39 is 6.10 Å². The van der Waals surface area contributed by atoms with Gasteiger partial charge in [0, 0.05) is 6.42 Å². The Hall–Kier alpha value is -1.43. The van der Waals surface area contributed by atoms with E-state index in [9.17, 15) is 4.79 Å². The van der Waals surface area contributed by atoms with Gasteiger partial charge in [-0.25, -0.2) is 4.79 Å². The van der Waals surface area contributed by atoms with Gasteiger partial charge in [-0.1, -0.05) is 30.3 Å². The van der Waals surface area contributed by atoms with Crippen LogP contribution in [0.5, 0.6) is 0 Å². The lowest BCUT2D eigenvalue weighted by Crippen LogP contribution is -2.34. The third-order valence-corrected chi connectivity index (χ3v) is 2.73. The SMILES string of the molecule is COC(=O)[C@H]1C[C@H](N)N(Cc2ccccc2)O1. The normalized spacial score (nSPS) is 24.8. The Labute approximate surface area is 100 Å². The van der Waals surface area contributed by atoms with Crippen molar-refractivity contribution in [1.29, 1.82) is 0 Å². The Bertz CT molecular complexity index is 383. The van der Waals surface area contributed by atoms with Crippen molar-refractivity contribution in [2.75, 3.05) is 7.11 Å². The highest BCUT2D eigenvalue weighted by molar-refractivity contribution is 5.74. The van der Waals surface area contributed by atoms with Gasteiger partial charge in [-0.05, 0) is 5.56 Å². The number of benzene rings is 1. The van der Waals surface area contributed by atoms with E-state index in [1.165, 1.54) is 7.11 Å². The average Bonchev–Trinajstić information content (AvgIpc) is 2.71. The third-order valence-electron chi connectivity index (χ3n) is 2.73. The van der Waals surface area contributed by atoms with Crippen LogP contribution in [0.2, 0.25) is 0 Å². The molecule has 1 fully saturated rings. The molecule has 2 atom stereocenters. The zero-order valence-electron chi connectivity index (χ0n) is 9.70. The lowest BCUT2D eigenvalue weighted by Gasteiger charge is -2.19. The molecule has 1 heterocycles. The Morgan fingerprint density at radius 1 is 1.53 bits per heavy atom. The van der Waals surface area contributed by atoms with Crippen LogP contribution >= 0.6 is 0 Å². The number of hydrogen-bond acceptors (Lipinski definition) is 5. The van der Waals surface area contributed by atoms with E-state index in [1.807, 2.05) is 30.3 Å². The Kier molecular flexibility index (Phi) is 3.73. The van der Waals surface area contributed by atoms with Crippen molar-refractivity contribution in [2.45, 2.75) is 25.2 Å². The maximum Gasteiger partial charge on any atom is 0.337 e. The van der Waals surface area contributed by atoms with Gasteiger partial charge in [0.05, 0.1) is 19.8 Å². The molecule has 2 rings (SSSR count). The molecule has 0 amide bonds. The zero-order chi connectivity index (χ0) is 12.3. The van der Waals surface area contributed by atoms with Crippen LogP contribution in [-0.4, -0.2) is 30.4 Å². The predicted octanol–water partition coefficient (Wildman–Crippen LogP) is 0.650. The van der Waals surface area contributed by atoms with Gasteiger partial charge in [-0.3, -0.25) is 4.84 Å². The Morgan fingerprint density at radius 3 is 2.88 bits per heavy atom. The molecule has 1 aliphatic rings. The molecule has 0 radical (unpaired) electrons. The lowest BCUT2D eigenvalue weighted by atomic mass is 10.2. The molecule has 2 N–H and O–H groups in total. The molecule has 0 aliphatic carbocycles.